The minimum atomic E-state index is -0.658. The van der Waals surface area contributed by atoms with Crippen molar-refractivity contribution in [2.45, 2.75) is 39.2 Å². The summed E-state index contributed by atoms with van der Waals surface area (Å²) in [6.07, 6.45) is 2.40. The maximum atomic E-state index is 13.2. The van der Waals surface area contributed by atoms with E-state index in [0.29, 0.717) is 16.9 Å². The van der Waals surface area contributed by atoms with Crippen molar-refractivity contribution in [2.75, 3.05) is 4.90 Å². The van der Waals surface area contributed by atoms with Crippen LogP contribution >= 0.6 is 0 Å². The first kappa shape index (κ1) is 24.9. The van der Waals surface area contributed by atoms with E-state index in [1.807, 2.05) is 106 Å². The molecule has 182 valence electrons. The largest absolute Gasteiger partial charge is 0.456 e. The van der Waals surface area contributed by atoms with Gasteiger partial charge in [-0.25, -0.2) is 4.79 Å². The summed E-state index contributed by atoms with van der Waals surface area (Å²) in [6.45, 7) is 5.50. The van der Waals surface area contributed by atoms with E-state index >= 15 is 0 Å². The maximum Gasteiger partial charge on any atom is 0.340 e. The predicted octanol–water partition coefficient (Wildman–Crippen LogP) is 7.39. The first-order valence-electron chi connectivity index (χ1n) is 12.1. The van der Waals surface area contributed by atoms with Crippen molar-refractivity contribution in [1.29, 1.82) is 0 Å². The molecule has 4 aromatic carbocycles. The van der Waals surface area contributed by atoms with Gasteiger partial charge in [-0.05, 0) is 68.5 Å². The van der Waals surface area contributed by atoms with Crippen molar-refractivity contribution in [3.8, 4) is 11.1 Å². The van der Waals surface area contributed by atoms with Gasteiger partial charge in [0.2, 0.25) is 6.41 Å². The number of hydrogen-bond donors (Lipinski definition) is 0. The lowest BCUT2D eigenvalue weighted by molar-refractivity contribution is -0.106. The monoisotopic (exact) mass is 477 g/mol. The summed E-state index contributed by atoms with van der Waals surface area (Å²) in [7, 11) is 0. The maximum absolute atomic E-state index is 13.2. The average molecular weight is 478 g/mol. The molecule has 0 N–H and O–H groups in total. The number of rotatable bonds is 8. The fourth-order valence-electron chi connectivity index (χ4n) is 4.16. The van der Waals surface area contributed by atoms with Gasteiger partial charge in [-0.15, -0.1) is 0 Å². The zero-order valence-electron chi connectivity index (χ0n) is 21.0. The number of para-hydroxylation sites is 1. The number of esters is 1. The molecule has 1 amide bonds. The summed E-state index contributed by atoms with van der Waals surface area (Å²) >= 11 is 0. The van der Waals surface area contributed by atoms with Crippen LogP contribution in [0.15, 0.2) is 103 Å². The van der Waals surface area contributed by atoms with Crippen LogP contribution in [0.2, 0.25) is 0 Å². The molecule has 0 atom stereocenters. The van der Waals surface area contributed by atoms with E-state index in [4.69, 9.17) is 4.74 Å². The second-order valence-corrected chi connectivity index (χ2v) is 9.70. The van der Waals surface area contributed by atoms with E-state index in [2.05, 4.69) is 12.1 Å². The summed E-state index contributed by atoms with van der Waals surface area (Å²) in [5, 5.41) is 0. The number of amides is 1. The minimum absolute atomic E-state index is 0.350. The summed E-state index contributed by atoms with van der Waals surface area (Å²) in [4.78, 5) is 27.4. The number of benzene rings is 4. The Morgan fingerprint density at radius 1 is 0.750 bits per heavy atom. The van der Waals surface area contributed by atoms with Crippen LogP contribution in [0.25, 0.3) is 11.1 Å². The summed E-state index contributed by atoms with van der Waals surface area (Å²) in [6, 6.07) is 33.5. The van der Waals surface area contributed by atoms with Crippen molar-refractivity contribution in [2.24, 2.45) is 0 Å². The fourth-order valence-corrected chi connectivity index (χ4v) is 4.16. The van der Waals surface area contributed by atoms with Crippen LogP contribution in [-0.2, 0) is 22.4 Å². The van der Waals surface area contributed by atoms with Gasteiger partial charge in [0.15, 0.2) is 0 Å². The van der Waals surface area contributed by atoms with Crippen LogP contribution in [0, 0.1) is 0 Å². The van der Waals surface area contributed by atoms with Gasteiger partial charge in [-0.1, -0.05) is 84.9 Å². The van der Waals surface area contributed by atoms with Crippen LogP contribution in [0.3, 0.4) is 0 Å². The molecule has 0 saturated carbocycles. The average Bonchev–Trinajstić information content (AvgIpc) is 2.88. The number of aryl methyl sites for hydroxylation is 2. The number of carbonyl (C=O) groups excluding carboxylic acids is 2. The molecule has 4 heteroatoms. The normalized spacial score (nSPS) is 11.1. The zero-order chi connectivity index (χ0) is 25.5. The number of anilines is 2. The predicted molar refractivity (Wildman–Crippen MR) is 146 cm³/mol. The molecule has 0 radical (unpaired) electrons. The Hall–Kier alpha value is -4.18. The summed E-state index contributed by atoms with van der Waals surface area (Å²) in [5.41, 5.74) is 5.05. The third-order valence-corrected chi connectivity index (χ3v) is 5.84. The molecule has 4 rings (SSSR count). The minimum Gasteiger partial charge on any atom is -0.456 e. The molecule has 0 heterocycles. The van der Waals surface area contributed by atoms with Crippen molar-refractivity contribution in [3.05, 3.63) is 120 Å². The summed E-state index contributed by atoms with van der Waals surface area (Å²) in [5.74, 6) is -0.462. The van der Waals surface area contributed by atoms with Gasteiger partial charge in [0.1, 0.15) is 5.60 Å². The smallest absolute Gasteiger partial charge is 0.340 e. The zero-order valence-corrected chi connectivity index (χ0v) is 21.0. The quantitative estimate of drug-likeness (QED) is 0.196. The third kappa shape index (κ3) is 6.08. The van der Waals surface area contributed by atoms with Crippen molar-refractivity contribution in [1.82, 2.24) is 0 Å². The molecule has 0 fully saturated rings. The second-order valence-electron chi connectivity index (χ2n) is 9.70. The van der Waals surface area contributed by atoms with Gasteiger partial charge in [-0.2, -0.15) is 0 Å². The molecule has 0 unspecified atom stereocenters. The second kappa shape index (κ2) is 11.0. The first-order chi connectivity index (χ1) is 17.4. The van der Waals surface area contributed by atoms with Crippen LogP contribution in [0.1, 0.15) is 42.3 Å². The molecule has 0 bridgehead atoms. The lowest BCUT2D eigenvalue weighted by atomic mass is 9.99. The molecule has 36 heavy (non-hydrogen) atoms. The van der Waals surface area contributed by atoms with Gasteiger partial charge < -0.3 is 4.74 Å². The topological polar surface area (TPSA) is 46.6 Å². The highest BCUT2D eigenvalue weighted by atomic mass is 16.6. The van der Waals surface area contributed by atoms with Gasteiger partial charge in [0.05, 0.1) is 16.9 Å². The molecule has 0 aliphatic rings. The number of hydrogen-bond acceptors (Lipinski definition) is 3. The Morgan fingerprint density at radius 2 is 1.36 bits per heavy atom. The number of ether oxygens (including phenoxy) is 1. The van der Waals surface area contributed by atoms with E-state index in [0.717, 1.165) is 35.9 Å². The van der Waals surface area contributed by atoms with Crippen molar-refractivity contribution in [3.63, 3.8) is 0 Å². The fraction of sp³-hybridized carbons (Fsp3) is 0.188. The van der Waals surface area contributed by atoms with Crippen molar-refractivity contribution >= 4 is 23.8 Å². The van der Waals surface area contributed by atoms with E-state index < -0.39 is 11.6 Å². The lowest BCUT2D eigenvalue weighted by Gasteiger charge is -2.26. The molecule has 0 aliphatic carbocycles. The molecule has 0 saturated heterocycles. The standard InChI is InChI=1S/C32H31NO3/c1-32(2,3)36-31(35)28-21-20-25(19-18-24-12-6-4-7-13-24)22-30(28)33(23-34)29-17-11-10-16-27(29)26-14-8-5-9-15-26/h4-17,20-23H,18-19H2,1-3H3. The highest BCUT2D eigenvalue weighted by molar-refractivity contribution is 6.03. The highest BCUT2D eigenvalue weighted by Gasteiger charge is 2.25. The Morgan fingerprint density at radius 3 is 2.03 bits per heavy atom. The molecular formula is C32H31NO3. The van der Waals surface area contributed by atoms with Gasteiger partial charge in [-0.3, -0.25) is 9.69 Å². The Bertz CT molecular complexity index is 1320. The van der Waals surface area contributed by atoms with Crippen LogP contribution in [-0.4, -0.2) is 18.0 Å². The molecule has 4 aromatic rings. The van der Waals surface area contributed by atoms with E-state index in [1.165, 1.54) is 5.56 Å². The Kier molecular flexibility index (Phi) is 7.65. The molecule has 0 aromatic heterocycles. The SMILES string of the molecule is CC(C)(C)OC(=O)c1ccc(CCc2ccccc2)cc1N(C=O)c1ccccc1-c1ccccc1. The van der Waals surface area contributed by atoms with Crippen LogP contribution in [0.4, 0.5) is 11.4 Å². The Balaban J connectivity index is 1.78. The number of nitrogens with zero attached hydrogens (tertiary/aromatic N) is 1. The number of carbonyl (C=O) groups is 2. The summed E-state index contributed by atoms with van der Waals surface area (Å²) < 4.78 is 5.70. The van der Waals surface area contributed by atoms with E-state index in [-0.39, 0.29) is 0 Å². The third-order valence-electron chi connectivity index (χ3n) is 5.84. The Labute approximate surface area is 213 Å². The highest BCUT2D eigenvalue weighted by Crippen LogP contribution is 2.36. The van der Waals surface area contributed by atoms with Crippen LogP contribution in [0.5, 0.6) is 0 Å². The molecule has 4 nitrogen and oxygen atoms in total. The van der Waals surface area contributed by atoms with E-state index in [9.17, 15) is 9.59 Å². The molecular weight excluding hydrogens is 446 g/mol. The van der Waals surface area contributed by atoms with E-state index in [1.54, 1.807) is 11.0 Å². The van der Waals surface area contributed by atoms with Crippen LogP contribution < -0.4 is 4.90 Å². The van der Waals surface area contributed by atoms with Gasteiger partial charge in [0, 0.05) is 5.56 Å². The molecule has 0 spiro atoms. The van der Waals surface area contributed by atoms with Gasteiger partial charge >= 0.3 is 5.97 Å². The van der Waals surface area contributed by atoms with Crippen molar-refractivity contribution < 1.29 is 14.3 Å². The lowest BCUT2D eigenvalue weighted by Crippen LogP contribution is -2.26. The first-order valence-corrected chi connectivity index (χ1v) is 12.1. The van der Waals surface area contributed by atoms with Gasteiger partial charge in [0.25, 0.3) is 0 Å². The molecule has 0 aliphatic heterocycles.